The number of furan rings is 1. The molecule has 0 saturated carbocycles. The molecule has 0 spiro atoms. The SMILES string of the molecule is CC(C(=O)c1ccco1)[N+]([O-])=Cc1ccccc1. The highest BCUT2D eigenvalue weighted by Crippen LogP contribution is 2.06. The van der Waals surface area contributed by atoms with Gasteiger partial charge in [-0.25, -0.2) is 4.74 Å². The predicted octanol–water partition coefficient (Wildman–Crippen LogP) is 2.48. The summed E-state index contributed by atoms with van der Waals surface area (Å²) in [6.45, 7) is 1.55. The first kappa shape index (κ1) is 12.1. The fraction of sp³-hybridized carbons (Fsp3) is 0.143. The van der Waals surface area contributed by atoms with Crippen LogP contribution in [0.25, 0.3) is 0 Å². The highest BCUT2D eigenvalue weighted by Gasteiger charge is 2.23. The third-order valence-electron chi connectivity index (χ3n) is 2.60. The van der Waals surface area contributed by atoms with E-state index in [4.69, 9.17) is 4.42 Å². The average molecular weight is 243 g/mol. The van der Waals surface area contributed by atoms with Crippen LogP contribution in [-0.4, -0.2) is 22.8 Å². The summed E-state index contributed by atoms with van der Waals surface area (Å²) in [5.74, 6) is -0.132. The van der Waals surface area contributed by atoms with E-state index in [2.05, 4.69) is 0 Å². The first-order valence-corrected chi connectivity index (χ1v) is 5.61. The van der Waals surface area contributed by atoms with E-state index in [-0.39, 0.29) is 11.5 Å². The Bertz CT molecular complexity index is 544. The molecule has 0 radical (unpaired) electrons. The van der Waals surface area contributed by atoms with Crippen molar-refractivity contribution in [2.24, 2.45) is 0 Å². The average Bonchev–Trinajstić information content (AvgIpc) is 2.92. The van der Waals surface area contributed by atoms with Gasteiger partial charge >= 0.3 is 0 Å². The van der Waals surface area contributed by atoms with Gasteiger partial charge in [-0.15, -0.1) is 0 Å². The zero-order valence-electron chi connectivity index (χ0n) is 9.95. The zero-order chi connectivity index (χ0) is 13.0. The van der Waals surface area contributed by atoms with Gasteiger partial charge in [-0.1, -0.05) is 18.2 Å². The second-order valence-corrected chi connectivity index (χ2v) is 3.92. The van der Waals surface area contributed by atoms with Crippen LogP contribution in [0, 0.1) is 5.21 Å². The monoisotopic (exact) mass is 243 g/mol. The number of carbonyl (C=O) groups excluding carboxylic acids is 1. The van der Waals surface area contributed by atoms with Crippen molar-refractivity contribution in [1.82, 2.24) is 0 Å². The van der Waals surface area contributed by atoms with Gasteiger partial charge in [0.25, 0.3) is 5.78 Å². The lowest BCUT2D eigenvalue weighted by atomic mass is 10.1. The molecular weight excluding hydrogens is 230 g/mol. The van der Waals surface area contributed by atoms with Crippen LogP contribution in [0.4, 0.5) is 0 Å². The maximum Gasteiger partial charge on any atom is 0.266 e. The molecule has 4 heteroatoms. The Hall–Kier alpha value is -2.36. The Morgan fingerprint density at radius 3 is 2.61 bits per heavy atom. The zero-order valence-corrected chi connectivity index (χ0v) is 9.95. The summed E-state index contributed by atoms with van der Waals surface area (Å²) >= 11 is 0. The number of carbonyl (C=O) groups is 1. The number of nitrogens with zero attached hydrogens (tertiary/aromatic N) is 1. The molecule has 0 aliphatic rings. The summed E-state index contributed by atoms with van der Waals surface area (Å²) in [4.78, 5) is 11.9. The van der Waals surface area contributed by atoms with Crippen LogP contribution >= 0.6 is 0 Å². The lowest BCUT2D eigenvalue weighted by Gasteiger charge is -2.10. The maximum absolute atomic E-state index is 11.9. The van der Waals surface area contributed by atoms with Gasteiger partial charge in [0, 0.05) is 12.5 Å². The minimum Gasteiger partial charge on any atom is -0.623 e. The van der Waals surface area contributed by atoms with E-state index in [0.29, 0.717) is 4.74 Å². The molecule has 1 atom stereocenters. The normalized spacial score (nSPS) is 13.3. The van der Waals surface area contributed by atoms with Crippen molar-refractivity contribution in [1.29, 1.82) is 0 Å². The van der Waals surface area contributed by atoms with Crippen LogP contribution in [0.15, 0.2) is 53.1 Å². The van der Waals surface area contributed by atoms with Crippen molar-refractivity contribution in [2.45, 2.75) is 13.0 Å². The number of hydroxylamine groups is 1. The fourth-order valence-corrected chi connectivity index (χ4v) is 1.54. The van der Waals surface area contributed by atoms with Gasteiger partial charge in [-0.3, -0.25) is 4.79 Å². The number of ketones is 1. The molecule has 0 aliphatic carbocycles. The largest absolute Gasteiger partial charge is 0.623 e. The molecule has 4 nitrogen and oxygen atoms in total. The molecule has 92 valence electrons. The van der Waals surface area contributed by atoms with E-state index in [1.807, 2.05) is 18.2 Å². The molecule has 2 aromatic rings. The van der Waals surface area contributed by atoms with Crippen LogP contribution in [-0.2, 0) is 0 Å². The van der Waals surface area contributed by atoms with E-state index >= 15 is 0 Å². The summed E-state index contributed by atoms with van der Waals surface area (Å²) in [6, 6.07) is 11.5. The van der Waals surface area contributed by atoms with E-state index in [0.717, 1.165) is 5.56 Å². The van der Waals surface area contributed by atoms with Gasteiger partial charge in [0.2, 0.25) is 6.04 Å². The quantitative estimate of drug-likeness (QED) is 0.272. The Labute approximate surface area is 105 Å². The van der Waals surface area contributed by atoms with Gasteiger partial charge in [0.05, 0.1) is 6.26 Å². The van der Waals surface area contributed by atoms with Crippen molar-refractivity contribution in [3.05, 3.63) is 65.3 Å². The first-order chi connectivity index (χ1) is 8.68. The molecule has 1 unspecified atom stereocenters. The van der Waals surface area contributed by atoms with Crippen molar-refractivity contribution < 1.29 is 14.0 Å². The molecule has 0 bridgehead atoms. The smallest absolute Gasteiger partial charge is 0.266 e. The van der Waals surface area contributed by atoms with E-state index in [1.165, 1.54) is 12.5 Å². The molecule has 18 heavy (non-hydrogen) atoms. The van der Waals surface area contributed by atoms with Gasteiger partial charge in [-0.2, -0.15) is 0 Å². The number of rotatable bonds is 4. The Balaban J connectivity index is 2.16. The molecule has 1 aromatic heterocycles. The number of hydrogen-bond acceptors (Lipinski definition) is 3. The molecule has 0 saturated heterocycles. The standard InChI is InChI=1S/C14H13NO3/c1-11(14(16)13-8-5-9-18-13)15(17)10-12-6-3-2-4-7-12/h2-11H,1H3. The van der Waals surface area contributed by atoms with Gasteiger partial charge in [-0.05, 0) is 24.3 Å². The number of benzene rings is 1. The Morgan fingerprint density at radius 2 is 2.00 bits per heavy atom. The second kappa shape index (κ2) is 5.31. The van der Waals surface area contributed by atoms with E-state index in [1.54, 1.807) is 31.2 Å². The summed E-state index contributed by atoms with van der Waals surface area (Å²) in [5.41, 5.74) is 0.756. The van der Waals surface area contributed by atoms with E-state index < -0.39 is 6.04 Å². The Kier molecular flexibility index (Phi) is 3.57. The minimum absolute atomic E-state index is 0.199. The molecule has 0 fully saturated rings. The van der Waals surface area contributed by atoms with Crippen molar-refractivity contribution in [3.63, 3.8) is 0 Å². The van der Waals surface area contributed by atoms with Crippen LogP contribution < -0.4 is 0 Å². The Morgan fingerprint density at radius 1 is 1.28 bits per heavy atom. The third kappa shape index (κ3) is 2.66. The molecule has 1 heterocycles. The highest BCUT2D eigenvalue weighted by molar-refractivity contribution is 5.97. The maximum atomic E-state index is 11.9. The molecule has 0 amide bonds. The van der Waals surface area contributed by atoms with Crippen molar-refractivity contribution in [2.75, 3.05) is 0 Å². The van der Waals surface area contributed by atoms with Gasteiger partial charge < -0.3 is 9.62 Å². The minimum atomic E-state index is -0.809. The third-order valence-corrected chi connectivity index (χ3v) is 2.60. The first-order valence-electron chi connectivity index (χ1n) is 5.61. The van der Waals surface area contributed by atoms with Crippen molar-refractivity contribution in [3.8, 4) is 0 Å². The molecule has 1 aromatic carbocycles. The second-order valence-electron chi connectivity index (χ2n) is 3.92. The van der Waals surface area contributed by atoms with Crippen molar-refractivity contribution >= 4 is 12.0 Å². The van der Waals surface area contributed by atoms with Crippen LogP contribution in [0.2, 0.25) is 0 Å². The van der Waals surface area contributed by atoms with Crippen LogP contribution in [0.3, 0.4) is 0 Å². The van der Waals surface area contributed by atoms with Crippen LogP contribution in [0.1, 0.15) is 23.0 Å². The van der Waals surface area contributed by atoms with Crippen LogP contribution in [0.5, 0.6) is 0 Å². The lowest BCUT2D eigenvalue weighted by molar-refractivity contribution is -0.474. The van der Waals surface area contributed by atoms with Gasteiger partial charge in [0.1, 0.15) is 0 Å². The van der Waals surface area contributed by atoms with Gasteiger partial charge in [0.15, 0.2) is 12.0 Å². The molecule has 0 aliphatic heterocycles. The number of hydrogen-bond donors (Lipinski definition) is 0. The summed E-state index contributed by atoms with van der Waals surface area (Å²) < 4.78 is 5.63. The topological polar surface area (TPSA) is 56.3 Å². The lowest BCUT2D eigenvalue weighted by Crippen LogP contribution is -2.28. The molecular formula is C14H13NO3. The fourth-order valence-electron chi connectivity index (χ4n) is 1.54. The highest BCUT2D eigenvalue weighted by atomic mass is 16.5. The summed E-state index contributed by atoms with van der Waals surface area (Å²) in [6.07, 6.45) is 2.81. The summed E-state index contributed by atoms with van der Waals surface area (Å²) in [7, 11) is 0. The molecule has 0 N–H and O–H groups in total. The van der Waals surface area contributed by atoms with E-state index in [9.17, 15) is 10.0 Å². The summed E-state index contributed by atoms with van der Waals surface area (Å²) in [5, 5.41) is 11.8. The predicted molar refractivity (Wildman–Crippen MR) is 67.7 cm³/mol. The number of Topliss-reactive ketones (excluding diaryl/α,β-unsaturated/α-hetero) is 1. The molecule has 2 rings (SSSR count).